The number of imide groups is 1. The first-order valence-corrected chi connectivity index (χ1v) is 9.40. The van der Waals surface area contributed by atoms with Gasteiger partial charge in [-0.05, 0) is 60.2 Å². The fourth-order valence-corrected chi connectivity index (χ4v) is 3.46. The van der Waals surface area contributed by atoms with E-state index in [-0.39, 0.29) is 17.0 Å². The van der Waals surface area contributed by atoms with E-state index in [1.54, 1.807) is 18.2 Å². The normalized spacial score (nSPS) is 14.0. The van der Waals surface area contributed by atoms with Crippen LogP contribution < -0.4 is 10.2 Å². The summed E-state index contributed by atoms with van der Waals surface area (Å²) >= 11 is 3.37. The molecule has 29 heavy (non-hydrogen) atoms. The smallest absolute Gasteiger partial charge is 0.282 e. The van der Waals surface area contributed by atoms with Crippen molar-refractivity contribution >= 4 is 44.7 Å². The Hall–Kier alpha value is -3.32. The van der Waals surface area contributed by atoms with Crippen LogP contribution in [0.15, 0.2) is 83.0 Å². The second-order valence-electron chi connectivity index (χ2n) is 6.31. The Labute approximate surface area is 173 Å². The van der Waals surface area contributed by atoms with Crippen LogP contribution in [0.3, 0.4) is 0 Å². The molecule has 4 nitrogen and oxygen atoms in total. The van der Waals surface area contributed by atoms with Crippen LogP contribution >= 0.6 is 15.9 Å². The monoisotopic (exact) mass is 454 g/mol. The Bertz CT molecular complexity index is 1140. The average Bonchev–Trinajstić information content (AvgIpc) is 2.93. The van der Waals surface area contributed by atoms with Gasteiger partial charge in [-0.3, -0.25) is 9.59 Å². The predicted molar refractivity (Wildman–Crippen MR) is 110 cm³/mol. The largest absolute Gasteiger partial charge is 0.350 e. The minimum Gasteiger partial charge on any atom is -0.350 e. The summed E-state index contributed by atoms with van der Waals surface area (Å²) in [6, 6.07) is 17.5. The van der Waals surface area contributed by atoms with Crippen LogP contribution in [0.25, 0.3) is 5.57 Å². The molecule has 3 aromatic rings. The van der Waals surface area contributed by atoms with Crippen molar-refractivity contribution in [1.29, 1.82) is 0 Å². The van der Waals surface area contributed by atoms with Crippen molar-refractivity contribution in [3.05, 3.63) is 100 Å². The van der Waals surface area contributed by atoms with Crippen molar-refractivity contribution in [3.63, 3.8) is 0 Å². The summed E-state index contributed by atoms with van der Waals surface area (Å²) in [6.07, 6.45) is 0. The number of benzene rings is 3. The molecule has 7 heteroatoms. The molecule has 0 atom stereocenters. The summed E-state index contributed by atoms with van der Waals surface area (Å²) in [5, 5.41) is 3.01. The average molecular weight is 455 g/mol. The number of halogens is 3. The van der Waals surface area contributed by atoms with Gasteiger partial charge in [-0.15, -0.1) is 0 Å². The van der Waals surface area contributed by atoms with Gasteiger partial charge in [-0.25, -0.2) is 13.7 Å². The molecule has 0 saturated heterocycles. The molecule has 4 rings (SSSR count). The number of nitrogens with one attached hydrogen (secondary N) is 1. The van der Waals surface area contributed by atoms with Crippen molar-refractivity contribution in [2.45, 2.75) is 0 Å². The summed E-state index contributed by atoms with van der Waals surface area (Å²) in [6.45, 7) is 0. The zero-order valence-electron chi connectivity index (χ0n) is 14.8. The lowest BCUT2D eigenvalue weighted by Gasteiger charge is -2.15. The molecule has 1 aliphatic rings. The molecule has 0 aliphatic carbocycles. The second kappa shape index (κ2) is 7.60. The lowest BCUT2D eigenvalue weighted by molar-refractivity contribution is -0.120. The van der Waals surface area contributed by atoms with Gasteiger partial charge in [0.15, 0.2) is 0 Å². The van der Waals surface area contributed by atoms with Gasteiger partial charge in [-0.1, -0.05) is 34.1 Å². The number of carbonyl (C=O) groups excluding carboxylic acids is 2. The second-order valence-corrected chi connectivity index (χ2v) is 7.23. The molecular formula is C22H13BrF2N2O2. The zero-order chi connectivity index (χ0) is 20.5. The van der Waals surface area contributed by atoms with E-state index in [1.165, 1.54) is 48.5 Å². The minimum absolute atomic E-state index is 0.0593. The third kappa shape index (κ3) is 3.69. The first kappa shape index (κ1) is 19.0. The highest BCUT2D eigenvalue weighted by Crippen LogP contribution is 2.34. The molecule has 3 aromatic carbocycles. The number of nitrogens with zero attached hydrogens (tertiary/aromatic N) is 1. The van der Waals surface area contributed by atoms with E-state index in [4.69, 9.17) is 0 Å². The molecule has 0 spiro atoms. The highest BCUT2D eigenvalue weighted by atomic mass is 79.9. The number of carbonyl (C=O) groups is 2. The van der Waals surface area contributed by atoms with Crippen molar-refractivity contribution in [2.24, 2.45) is 0 Å². The van der Waals surface area contributed by atoms with Gasteiger partial charge in [0.1, 0.15) is 17.3 Å². The fraction of sp³-hybridized carbons (Fsp3) is 0. The molecule has 1 heterocycles. The number of hydrogen-bond donors (Lipinski definition) is 1. The molecule has 1 N–H and O–H groups in total. The van der Waals surface area contributed by atoms with Crippen LogP contribution in [-0.2, 0) is 9.59 Å². The Morgan fingerprint density at radius 1 is 0.793 bits per heavy atom. The third-order valence-corrected chi connectivity index (χ3v) is 4.89. The van der Waals surface area contributed by atoms with Crippen LogP contribution in [0, 0.1) is 11.6 Å². The molecule has 1 aliphatic heterocycles. The molecule has 2 amide bonds. The molecule has 0 bridgehead atoms. The summed E-state index contributed by atoms with van der Waals surface area (Å²) < 4.78 is 27.5. The van der Waals surface area contributed by atoms with Crippen LogP contribution in [-0.4, -0.2) is 11.8 Å². The topological polar surface area (TPSA) is 49.4 Å². The van der Waals surface area contributed by atoms with Gasteiger partial charge in [0.25, 0.3) is 11.8 Å². The van der Waals surface area contributed by atoms with E-state index >= 15 is 0 Å². The number of hydrogen-bond acceptors (Lipinski definition) is 3. The quantitative estimate of drug-likeness (QED) is 0.556. The summed E-state index contributed by atoms with van der Waals surface area (Å²) in [5.41, 5.74) is 1.40. The van der Waals surface area contributed by atoms with Crippen LogP contribution in [0.2, 0.25) is 0 Å². The van der Waals surface area contributed by atoms with E-state index in [0.717, 1.165) is 9.37 Å². The van der Waals surface area contributed by atoms with Crippen molar-refractivity contribution in [1.82, 2.24) is 0 Å². The number of rotatable bonds is 4. The molecule has 144 valence electrons. The zero-order valence-corrected chi connectivity index (χ0v) is 16.4. The predicted octanol–water partition coefficient (Wildman–Crippen LogP) is 5.12. The molecule has 0 aromatic heterocycles. The van der Waals surface area contributed by atoms with E-state index in [2.05, 4.69) is 21.2 Å². The first-order valence-electron chi connectivity index (χ1n) is 8.61. The molecular weight excluding hydrogens is 442 g/mol. The van der Waals surface area contributed by atoms with Gasteiger partial charge < -0.3 is 5.32 Å². The Kier molecular flexibility index (Phi) is 4.98. The van der Waals surface area contributed by atoms with Gasteiger partial charge >= 0.3 is 0 Å². The Morgan fingerprint density at radius 2 is 1.41 bits per heavy atom. The van der Waals surface area contributed by atoms with E-state index in [9.17, 15) is 18.4 Å². The summed E-state index contributed by atoms with van der Waals surface area (Å²) in [5.74, 6) is -2.10. The summed E-state index contributed by atoms with van der Waals surface area (Å²) in [7, 11) is 0. The van der Waals surface area contributed by atoms with Crippen molar-refractivity contribution in [3.8, 4) is 0 Å². The highest BCUT2D eigenvalue weighted by Gasteiger charge is 2.40. The van der Waals surface area contributed by atoms with E-state index < -0.39 is 23.4 Å². The van der Waals surface area contributed by atoms with Gasteiger partial charge in [-0.2, -0.15) is 0 Å². The van der Waals surface area contributed by atoms with Gasteiger partial charge in [0.05, 0.1) is 11.3 Å². The highest BCUT2D eigenvalue weighted by molar-refractivity contribution is 9.10. The Balaban J connectivity index is 1.82. The van der Waals surface area contributed by atoms with Crippen LogP contribution in [0.1, 0.15) is 5.56 Å². The third-order valence-electron chi connectivity index (χ3n) is 4.40. The minimum atomic E-state index is -0.582. The maximum absolute atomic E-state index is 13.4. The van der Waals surface area contributed by atoms with Crippen molar-refractivity contribution in [2.75, 3.05) is 10.2 Å². The number of anilines is 2. The van der Waals surface area contributed by atoms with Crippen LogP contribution in [0.5, 0.6) is 0 Å². The lowest BCUT2D eigenvalue weighted by Crippen LogP contribution is -2.32. The first-order chi connectivity index (χ1) is 13.9. The molecule has 0 fully saturated rings. The van der Waals surface area contributed by atoms with Gasteiger partial charge in [0.2, 0.25) is 0 Å². The molecule has 0 saturated carbocycles. The van der Waals surface area contributed by atoms with Crippen molar-refractivity contribution < 1.29 is 18.4 Å². The summed E-state index contributed by atoms with van der Waals surface area (Å²) in [4.78, 5) is 27.3. The van der Waals surface area contributed by atoms with E-state index in [0.29, 0.717) is 11.3 Å². The lowest BCUT2D eigenvalue weighted by atomic mass is 10.0. The number of amides is 2. The Morgan fingerprint density at radius 3 is 2.03 bits per heavy atom. The standard InChI is InChI=1S/C22H13BrF2N2O2/c23-14-2-1-3-17(12-14)26-20-19(13-4-6-15(24)7-5-13)21(28)27(22(20)29)18-10-8-16(25)9-11-18/h1-12,26H. The maximum Gasteiger partial charge on any atom is 0.282 e. The maximum atomic E-state index is 13.4. The van der Waals surface area contributed by atoms with E-state index in [1.807, 2.05) is 6.07 Å². The van der Waals surface area contributed by atoms with Crippen LogP contribution in [0.4, 0.5) is 20.2 Å². The molecule has 0 unspecified atom stereocenters. The van der Waals surface area contributed by atoms with Gasteiger partial charge in [0, 0.05) is 10.2 Å². The molecule has 0 radical (unpaired) electrons. The SMILES string of the molecule is O=C1C(Nc2cccc(Br)c2)=C(c2ccc(F)cc2)C(=O)N1c1ccc(F)cc1. The fourth-order valence-electron chi connectivity index (χ4n) is 3.07.